The summed E-state index contributed by atoms with van der Waals surface area (Å²) in [5.74, 6) is -3.53. The molecule has 2 aromatic carbocycles. The van der Waals surface area contributed by atoms with Gasteiger partial charge in [0.25, 0.3) is 0 Å². The van der Waals surface area contributed by atoms with Crippen molar-refractivity contribution in [1.29, 1.82) is 0 Å². The average Bonchev–Trinajstić information content (AvgIpc) is 2.72. The fourth-order valence-electron chi connectivity index (χ4n) is 2.82. The molecule has 8 heteroatoms. The average molecular weight is 420 g/mol. The second-order valence-electron chi connectivity index (χ2n) is 6.68. The standard InChI is InChI=1S/C21H25O7P/c1-16(19(21(24)25)12-13-20(22)23)29(26,27-14-17-8-4-2-5-9-17)28-15-18-10-6-3-7-11-18/h2-11,16,19H,12-15H2,1H3,(H,22,23)(H,24,25). The molecule has 7 nitrogen and oxygen atoms in total. The minimum Gasteiger partial charge on any atom is -0.481 e. The molecule has 0 heterocycles. The number of hydrogen-bond acceptors (Lipinski definition) is 5. The van der Waals surface area contributed by atoms with E-state index in [-0.39, 0.29) is 26.1 Å². The van der Waals surface area contributed by atoms with E-state index in [9.17, 15) is 19.3 Å². The van der Waals surface area contributed by atoms with E-state index in [1.165, 1.54) is 6.92 Å². The van der Waals surface area contributed by atoms with Crippen LogP contribution >= 0.6 is 7.60 Å². The fourth-order valence-corrected chi connectivity index (χ4v) is 4.74. The first-order valence-electron chi connectivity index (χ1n) is 9.23. The molecule has 0 saturated heterocycles. The molecule has 0 radical (unpaired) electrons. The number of benzene rings is 2. The molecule has 156 valence electrons. The van der Waals surface area contributed by atoms with Crippen LogP contribution in [0, 0.1) is 5.92 Å². The fraction of sp³-hybridized carbons (Fsp3) is 0.333. The maximum Gasteiger partial charge on any atom is 0.334 e. The molecule has 0 spiro atoms. The van der Waals surface area contributed by atoms with Crippen LogP contribution < -0.4 is 0 Å². The quantitative estimate of drug-likeness (QED) is 0.484. The largest absolute Gasteiger partial charge is 0.481 e. The van der Waals surface area contributed by atoms with Crippen molar-refractivity contribution >= 4 is 19.5 Å². The van der Waals surface area contributed by atoms with E-state index in [2.05, 4.69) is 0 Å². The molecule has 0 bridgehead atoms. The molecule has 2 atom stereocenters. The second-order valence-corrected chi connectivity index (χ2v) is 9.09. The lowest BCUT2D eigenvalue weighted by Gasteiger charge is -2.28. The molecule has 2 unspecified atom stereocenters. The molecule has 0 fully saturated rings. The summed E-state index contributed by atoms with van der Waals surface area (Å²) in [5.41, 5.74) is 0.507. The zero-order valence-electron chi connectivity index (χ0n) is 16.1. The van der Waals surface area contributed by atoms with Gasteiger partial charge in [-0.25, -0.2) is 0 Å². The van der Waals surface area contributed by atoms with Crippen LogP contribution in [-0.4, -0.2) is 27.8 Å². The molecular weight excluding hydrogens is 395 g/mol. The third-order valence-corrected chi connectivity index (χ3v) is 6.91. The number of carboxylic acid groups (broad SMARTS) is 2. The molecule has 2 rings (SSSR count). The molecule has 2 N–H and O–H groups in total. The minimum absolute atomic E-state index is 0.0114. The Hall–Kier alpha value is -2.47. The van der Waals surface area contributed by atoms with Gasteiger partial charge in [0.2, 0.25) is 0 Å². The highest BCUT2D eigenvalue weighted by atomic mass is 31.2. The van der Waals surface area contributed by atoms with Crippen molar-refractivity contribution in [1.82, 2.24) is 0 Å². The molecule has 0 aromatic heterocycles. The maximum atomic E-state index is 13.6. The minimum atomic E-state index is -3.89. The monoisotopic (exact) mass is 420 g/mol. The number of rotatable bonds is 12. The smallest absolute Gasteiger partial charge is 0.334 e. The third-order valence-electron chi connectivity index (χ3n) is 4.58. The van der Waals surface area contributed by atoms with E-state index in [0.717, 1.165) is 11.1 Å². The predicted molar refractivity (Wildman–Crippen MR) is 108 cm³/mol. The first kappa shape index (κ1) is 22.8. The van der Waals surface area contributed by atoms with Crippen molar-refractivity contribution in [3.05, 3.63) is 71.8 Å². The van der Waals surface area contributed by atoms with E-state index < -0.39 is 31.1 Å². The van der Waals surface area contributed by atoms with Crippen LogP contribution in [0.25, 0.3) is 0 Å². The number of aliphatic carboxylic acids is 2. The summed E-state index contributed by atoms with van der Waals surface area (Å²) in [7, 11) is -3.89. The van der Waals surface area contributed by atoms with Gasteiger partial charge in [-0.2, -0.15) is 0 Å². The van der Waals surface area contributed by atoms with Crippen LogP contribution in [0.1, 0.15) is 30.9 Å². The Morgan fingerprint density at radius 1 is 0.897 bits per heavy atom. The predicted octanol–water partition coefficient (Wildman–Crippen LogP) is 4.57. The molecule has 2 aromatic rings. The van der Waals surface area contributed by atoms with Crippen LogP contribution in [0.4, 0.5) is 0 Å². The summed E-state index contributed by atoms with van der Waals surface area (Å²) < 4.78 is 24.9. The van der Waals surface area contributed by atoms with Gasteiger partial charge in [-0.05, 0) is 17.5 Å². The first-order chi connectivity index (χ1) is 13.8. The Labute approximate surface area is 169 Å². The Balaban J connectivity index is 2.21. The summed E-state index contributed by atoms with van der Waals surface area (Å²) in [5, 5.41) is 18.5. The lowest BCUT2D eigenvalue weighted by atomic mass is 10.0. The van der Waals surface area contributed by atoms with Gasteiger partial charge in [0.05, 0.1) is 24.8 Å². The maximum absolute atomic E-state index is 13.6. The Morgan fingerprint density at radius 3 is 1.72 bits per heavy atom. The summed E-state index contributed by atoms with van der Waals surface area (Å²) in [6.45, 7) is 1.45. The van der Waals surface area contributed by atoms with Crippen LogP contribution in [0.5, 0.6) is 0 Å². The molecular formula is C21H25O7P. The lowest BCUT2D eigenvalue weighted by molar-refractivity contribution is -0.143. The highest BCUT2D eigenvalue weighted by Gasteiger charge is 2.41. The molecule has 0 aliphatic rings. The Kier molecular flexibility index (Phi) is 8.58. The summed E-state index contributed by atoms with van der Waals surface area (Å²) in [6, 6.07) is 18.1. The number of carbonyl (C=O) groups is 2. The van der Waals surface area contributed by atoms with Gasteiger partial charge >= 0.3 is 19.5 Å². The van der Waals surface area contributed by atoms with Crippen molar-refractivity contribution in [2.24, 2.45) is 5.92 Å². The SMILES string of the molecule is CC(C(CCC(=O)O)C(=O)O)P(=O)(OCc1ccccc1)OCc1ccccc1. The van der Waals surface area contributed by atoms with Crippen LogP contribution in [-0.2, 0) is 36.4 Å². The molecule has 0 saturated carbocycles. The summed E-state index contributed by atoms with van der Waals surface area (Å²) >= 11 is 0. The van der Waals surface area contributed by atoms with Gasteiger partial charge < -0.3 is 19.3 Å². The van der Waals surface area contributed by atoms with Gasteiger partial charge in [-0.3, -0.25) is 14.2 Å². The van der Waals surface area contributed by atoms with Crippen molar-refractivity contribution in [3.63, 3.8) is 0 Å². The lowest BCUT2D eigenvalue weighted by Crippen LogP contribution is -2.28. The zero-order chi connectivity index (χ0) is 21.3. The van der Waals surface area contributed by atoms with Crippen molar-refractivity contribution in [2.75, 3.05) is 0 Å². The highest BCUT2D eigenvalue weighted by molar-refractivity contribution is 7.54. The van der Waals surface area contributed by atoms with E-state index in [4.69, 9.17) is 14.2 Å². The summed E-state index contributed by atoms with van der Waals surface area (Å²) in [6.07, 6.45) is -0.516. The van der Waals surface area contributed by atoms with Crippen LogP contribution in [0.15, 0.2) is 60.7 Å². The van der Waals surface area contributed by atoms with Gasteiger partial charge in [-0.15, -0.1) is 0 Å². The number of hydrogen-bond donors (Lipinski definition) is 2. The topological polar surface area (TPSA) is 110 Å². The van der Waals surface area contributed by atoms with Gasteiger partial charge in [0.15, 0.2) is 0 Å². The molecule has 0 amide bonds. The highest BCUT2D eigenvalue weighted by Crippen LogP contribution is 2.57. The third kappa shape index (κ3) is 7.13. The first-order valence-corrected chi connectivity index (χ1v) is 10.8. The van der Waals surface area contributed by atoms with E-state index in [1.807, 2.05) is 36.4 Å². The van der Waals surface area contributed by atoms with Crippen LogP contribution in [0.3, 0.4) is 0 Å². The van der Waals surface area contributed by atoms with E-state index in [0.29, 0.717) is 0 Å². The zero-order valence-corrected chi connectivity index (χ0v) is 17.0. The van der Waals surface area contributed by atoms with Gasteiger partial charge in [0, 0.05) is 6.42 Å². The number of carboxylic acids is 2. The van der Waals surface area contributed by atoms with E-state index >= 15 is 0 Å². The molecule has 29 heavy (non-hydrogen) atoms. The Bertz CT molecular complexity index is 791. The van der Waals surface area contributed by atoms with Crippen molar-refractivity contribution in [2.45, 2.75) is 38.6 Å². The van der Waals surface area contributed by atoms with E-state index in [1.54, 1.807) is 24.3 Å². The Morgan fingerprint density at radius 2 is 1.34 bits per heavy atom. The molecule has 0 aliphatic carbocycles. The summed E-state index contributed by atoms with van der Waals surface area (Å²) in [4.78, 5) is 22.6. The van der Waals surface area contributed by atoms with Crippen molar-refractivity contribution < 1.29 is 33.4 Å². The van der Waals surface area contributed by atoms with Gasteiger partial charge in [0.1, 0.15) is 0 Å². The van der Waals surface area contributed by atoms with Crippen LogP contribution in [0.2, 0.25) is 0 Å². The normalized spacial score (nSPS) is 13.6. The van der Waals surface area contributed by atoms with Crippen molar-refractivity contribution in [3.8, 4) is 0 Å². The second kappa shape index (κ2) is 10.9. The molecule has 0 aliphatic heterocycles. The van der Waals surface area contributed by atoms with Gasteiger partial charge in [-0.1, -0.05) is 67.6 Å².